The number of rotatable bonds is 5. The van der Waals surface area contributed by atoms with Gasteiger partial charge in [-0.3, -0.25) is 4.84 Å². The highest BCUT2D eigenvalue weighted by atomic mass is 16.7. The normalized spacial score (nSPS) is 19.1. The summed E-state index contributed by atoms with van der Waals surface area (Å²) in [6.07, 6.45) is 1.46. The molecule has 10 heteroatoms. The molecule has 0 saturated carbocycles. The second-order valence-corrected chi connectivity index (χ2v) is 7.49. The van der Waals surface area contributed by atoms with Crippen LogP contribution in [0.15, 0.2) is 66.9 Å². The number of carboxylic acids is 1. The molecule has 162 valence electrons. The Balaban J connectivity index is 1.44. The van der Waals surface area contributed by atoms with Gasteiger partial charge < -0.3 is 15.3 Å². The number of nitrogens with zero attached hydrogens (tertiary/aromatic N) is 4. The van der Waals surface area contributed by atoms with Gasteiger partial charge in [0.05, 0.1) is 6.54 Å². The Hall–Kier alpha value is -4.18. The van der Waals surface area contributed by atoms with E-state index in [1.165, 1.54) is 16.2 Å². The Morgan fingerprint density at radius 2 is 1.78 bits per heavy atom. The number of carbonyl (C=O) groups is 3. The molecule has 0 radical (unpaired) electrons. The van der Waals surface area contributed by atoms with Crippen molar-refractivity contribution in [3.63, 3.8) is 0 Å². The highest BCUT2D eigenvalue weighted by molar-refractivity contribution is 5.91. The van der Waals surface area contributed by atoms with Gasteiger partial charge in [0.1, 0.15) is 18.3 Å². The summed E-state index contributed by atoms with van der Waals surface area (Å²) >= 11 is 0. The molecule has 1 fully saturated rings. The lowest BCUT2D eigenvalue weighted by Gasteiger charge is -2.26. The van der Waals surface area contributed by atoms with Crippen LogP contribution < -0.4 is 5.32 Å². The Morgan fingerprint density at radius 1 is 1.09 bits per heavy atom. The van der Waals surface area contributed by atoms with Crippen LogP contribution in [0.2, 0.25) is 0 Å². The third-order valence-corrected chi connectivity index (χ3v) is 5.47. The van der Waals surface area contributed by atoms with Gasteiger partial charge in [0.25, 0.3) is 0 Å². The van der Waals surface area contributed by atoms with E-state index >= 15 is 0 Å². The van der Waals surface area contributed by atoms with E-state index in [1.54, 1.807) is 24.3 Å². The van der Waals surface area contributed by atoms with E-state index in [0.717, 1.165) is 10.2 Å². The molecule has 0 spiro atoms. The van der Waals surface area contributed by atoms with Gasteiger partial charge in [-0.05, 0) is 17.7 Å². The fourth-order valence-electron chi connectivity index (χ4n) is 3.98. The van der Waals surface area contributed by atoms with Crippen molar-refractivity contribution >= 4 is 23.7 Å². The molecule has 3 amide bonds. The number of hydrogen-bond acceptors (Lipinski definition) is 5. The number of hydroxylamine groups is 2. The zero-order valence-corrected chi connectivity index (χ0v) is 16.8. The minimum Gasteiger partial charge on any atom is -0.479 e. The molecule has 3 aromatic rings. The van der Waals surface area contributed by atoms with Gasteiger partial charge in [-0.1, -0.05) is 48.5 Å². The van der Waals surface area contributed by atoms with Crippen LogP contribution in [0.4, 0.5) is 15.3 Å². The van der Waals surface area contributed by atoms with Crippen molar-refractivity contribution in [3.8, 4) is 0 Å². The fourth-order valence-corrected chi connectivity index (χ4v) is 3.98. The highest BCUT2D eigenvalue weighted by Crippen LogP contribution is 2.43. The maximum atomic E-state index is 12.9. The molecule has 2 aromatic carbocycles. The van der Waals surface area contributed by atoms with Crippen LogP contribution in [0.3, 0.4) is 0 Å². The molecular formula is C22H19N5O5. The number of aromatic nitrogens is 2. The van der Waals surface area contributed by atoms with Crippen LogP contribution in [0.25, 0.3) is 0 Å². The van der Waals surface area contributed by atoms with Crippen LogP contribution in [0.5, 0.6) is 0 Å². The average Bonchev–Trinajstić information content (AvgIpc) is 3.35. The number of anilines is 1. The number of hydrogen-bond donors (Lipinski definition) is 2. The van der Waals surface area contributed by atoms with E-state index in [4.69, 9.17) is 4.84 Å². The smallest absolute Gasteiger partial charge is 0.346 e. The highest BCUT2D eigenvalue weighted by Gasteiger charge is 2.53. The Labute approximate surface area is 182 Å². The number of benzene rings is 2. The molecule has 0 aliphatic carbocycles. The van der Waals surface area contributed by atoms with Gasteiger partial charge in [-0.15, -0.1) is 0 Å². The van der Waals surface area contributed by atoms with Crippen molar-refractivity contribution in [1.82, 2.24) is 19.7 Å². The summed E-state index contributed by atoms with van der Waals surface area (Å²) in [5.74, 6) is -1.23. The van der Waals surface area contributed by atoms with Gasteiger partial charge >= 0.3 is 18.0 Å². The van der Waals surface area contributed by atoms with Crippen molar-refractivity contribution in [3.05, 3.63) is 83.7 Å². The van der Waals surface area contributed by atoms with Gasteiger partial charge in [0, 0.05) is 17.4 Å². The molecule has 1 saturated heterocycles. The SMILES string of the molecule is O=C(O)C1c2nn(C(=O)Nc3ccccc3)cc2C2CN1C(=O)N2OCc1ccccc1. The minimum atomic E-state index is -1.30. The van der Waals surface area contributed by atoms with Crippen LogP contribution in [0.1, 0.15) is 28.9 Å². The van der Waals surface area contributed by atoms with Crippen LogP contribution in [-0.2, 0) is 16.2 Å². The van der Waals surface area contributed by atoms with Gasteiger partial charge in [0.2, 0.25) is 0 Å². The molecular weight excluding hydrogens is 414 g/mol. The number of nitrogens with one attached hydrogen (secondary N) is 1. The topological polar surface area (TPSA) is 117 Å². The maximum Gasteiger partial charge on any atom is 0.346 e. The van der Waals surface area contributed by atoms with Crippen molar-refractivity contribution in [2.75, 3.05) is 11.9 Å². The molecule has 2 bridgehead atoms. The monoisotopic (exact) mass is 433 g/mol. The van der Waals surface area contributed by atoms with E-state index in [9.17, 15) is 19.5 Å². The van der Waals surface area contributed by atoms with Gasteiger partial charge in [0.15, 0.2) is 6.04 Å². The zero-order chi connectivity index (χ0) is 22.2. The standard InChI is InChI=1S/C22H19N5O5/c28-20(29)19-18-16(11-26(24-18)21(30)23-15-9-5-2-6-10-15)17-12-25(19)22(31)27(17)32-13-14-7-3-1-4-8-14/h1-11,17,19H,12-13H2,(H,23,30)(H,28,29). The molecule has 2 N–H and O–H groups in total. The average molecular weight is 433 g/mol. The molecule has 3 heterocycles. The van der Waals surface area contributed by atoms with E-state index in [1.807, 2.05) is 36.4 Å². The number of amides is 3. The van der Waals surface area contributed by atoms with E-state index in [-0.39, 0.29) is 18.8 Å². The molecule has 2 aliphatic heterocycles. The molecule has 32 heavy (non-hydrogen) atoms. The number of carboxylic acid groups (broad SMARTS) is 1. The first-order valence-corrected chi connectivity index (χ1v) is 9.98. The number of para-hydroxylation sites is 1. The predicted molar refractivity (Wildman–Crippen MR) is 111 cm³/mol. The van der Waals surface area contributed by atoms with Gasteiger partial charge in [-0.2, -0.15) is 14.8 Å². The molecule has 2 aliphatic rings. The van der Waals surface area contributed by atoms with E-state index < -0.39 is 30.1 Å². The van der Waals surface area contributed by atoms with Crippen molar-refractivity contribution in [1.29, 1.82) is 0 Å². The maximum absolute atomic E-state index is 12.9. The van der Waals surface area contributed by atoms with Crippen molar-refractivity contribution in [2.24, 2.45) is 0 Å². The minimum absolute atomic E-state index is 0.129. The van der Waals surface area contributed by atoms with Gasteiger partial charge in [-0.25, -0.2) is 14.4 Å². The quantitative estimate of drug-likeness (QED) is 0.639. The Morgan fingerprint density at radius 3 is 2.47 bits per heavy atom. The van der Waals surface area contributed by atoms with Crippen molar-refractivity contribution in [2.45, 2.75) is 18.7 Å². The van der Waals surface area contributed by atoms with Crippen LogP contribution in [0, 0.1) is 0 Å². The van der Waals surface area contributed by atoms with Crippen LogP contribution >= 0.6 is 0 Å². The number of urea groups is 1. The summed E-state index contributed by atoms with van der Waals surface area (Å²) in [5.41, 5.74) is 2.06. The fraction of sp³-hybridized carbons (Fsp3) is 0.182. The van der Waals surface area contributed by atoms with Crippen LogP contribution in [-0.4, -0.2) is 49.4 Å². The lowest BCUT2D eigenvalue weighted by Crippen LogP contribution is -2.38. The number of carbonyl (C=O) groups excluding carboxylic acids is 2. The Kier molecular flexibility index (Phi) is 4.83. The first kappa shape index (κ1) is 19.8. The summed E-state index contributed by atoms with van der Waals surface area (Å²) < 4.78 is 1.06. The first-order chi connectivity index (χ1) is 15.5. The molecule has 2 unspecified atom stereocenters. The summed E-state index contributed by atoms with van der Waals surface area (Å²) in [7, 11) is 0. The zero-order valence-electron chi connectivity index (χ0n) is 16.8. The summed E-state index contributed by atoms with van der Waals surface area (Å²) in [4.78, 5) is 44.6. The summed E-state index contributed by atoms with van der Waals surface area (Å²) in [5, 5.41) is 17.9. The predicted octanol–water partition coefficient (Wildman–Crippen LogP) is 3.01. The molecule has 10 nitrogen and oxygen atoms in total. The third kappa shape index (κ3) is 3.36. The third-order valence-electron chi connectivity index (χ3n) is 5.47. The Bertz CT molecular complexity index is 1180. The summed E-state index contributed by atoms with van der Waals surface area (Å²) in [6, 6.07) is 15.2. The first-order valence-electron chi connectivity index (χ1n) is 9.98. The molecule has 1 aromatic heterocycles. The lowest BCUT2D eigenvalue weighted by atomic mass is 9.98. The lowest BCUT2D eigenvalue weighted by molar-refractivity contribution is -0.143. The number of fused-ring (bicyclic) bond motifs is 4. The van der Waals surface area contributed by atoms with E-state index in [0.29, 0.717) is 11.3 Å². The molecule has 5 rings (SSSR count). The summed E-state index contributed by atoms with van der Waals surface area (Å²) in [6.45, 7) is 0.274. The largest absolute Gasteiger partial charge is 0.479 e. The van der Waals surface area contributed by atoms with E-state index in [2.05, 4.69) is 10.4 Å². The second-order valence-electron chi connectivity index (χ2n) is 7.49. The molecule has 2 atom stereocenters. The number of aliphatic carboxylic acids is 1. The van der Waals surface area contributed by atoms with Crippen molar-refractivity contribution < 1.29 is 24.3 Å². The second kappa shape index (κ2) is 7.82.